The molecule has 33 heavy (non-hydrogen) atoms. The summed E-state index contributed by atoms with van der Waals surface area (Å²) in [6.45, 7) is 0.543. The largest absolute Gasteiger partial charge is 0.465 e. The number of hydrogen-bond acceptors (Lipinski definition) is 5. The molecule has 1 amide bonds. The zero-order valence-corrected chi connectivity index (χ0v) is 18.7. The summed E-state index contributed by atoms with van der Waals surface area (Å²) in [6, 6.07) is 9.12. The van der Waals surface area contributed by atoms with Gasteiger partial charge in [-0.3, -0.25) is 9.78 Å². The molecule has 1 fully saturated rings. The van der Waals surface area contributed by atoms with Crippen LogP contribution in [0.3, 0.4) is 0 Å². The number of amides is 1. The Bertz CT molecular complexity index is 1230. The first-order chi connectivity index (χ1) is 15.7. The van der Waals surface area contributed by atoms with Crippen LogP contribution < -0.4 is 10.2 Å². The van der Waals surface area contributed by atoms with Gasteiger partial charge >= 0.3 is 12.3 Å². The van der Waals surface area contributed by atoms with Crippen LogP contribution in [0.1, 0.15) is 15.9 Å². The second-order valence-electron chi connectivity index (χ2n) is 7.48. The number of piperazine rings is 1. The van der Waals surface area contributed by atoms with Gasteiger partial charge in [0.15, 0.2) is 6.29 Å². The first-order valence-corrected chi connectivity index (χ1v) is 10.7. The SMILES string of the molecule is O=Cc1cnc2ccc(Br)cc2c1Nc1ccc(N2CCN(C(=O)O)CC2)c(C(F)(F)F)c1. The Hall–Kier alpha value is -3.34. The lowest BCUT2D eigenvalue weighted by Gasteiger charge is -2.36. The summed E-state index contributed by atoms with van der Waals surface area (Å²) in [6.07, 6.45) is -3.76. The zero-order chi connectivity index (χ0) is 23.8. The lowest BCUT2D eigenvalue weighted by atomic mass is 10.1. The van der Waals surface area contributed by atoms with Crippen LogP contribution in [0.5, 0.6) is 0 Å². The molecule has 11 heteroatoms. The predicted molar refractivity (Wildman–Crippen MR) is 121 cm³/mol. The minimum absolute atomic E-state index is 0.0176. The first kappa shape index (κ1) is 22.8. The van der Waals surface area contributed by atoms with Crippen molar-refractivity contribution in [3.8, 4) is 0 Å². The molecule has 4 rings (SSSR count). The molecule has 0 bridgehead atoms. The normalized spacial score (nSPS) is 14.4. The maximum Gasteiger partial charge on any atom is 0.418 e. The molecule has 7 nitrogen and oxygen atoms in total. The number of pyridine rings is 1. The fourth-order valence-electron chi connectivity index (χ4n) is 3.81. The van der Waals surface area contributed by atoms with Crippen molar-refractivity contribution in [3.63, 3.8) is 0 Å². The average Bonchev–Trinajstić information content (AvgIpc) is 2.79. The number of carbonyl (C=O) groups is 2. The fraction of sp³-hybridized carbons (Fsp3) is 0.227. The number of nitrogens with one attached hydrogen (secondary N) is 1. The fourth-order valence-corrected chi connectivity index (χ4v) is 4.17. The van der Waals surface area contributed by atoms with E-state index in [4.69, 9.17) is 5.11 Å². The topological polar surface area (TPSA) is 85.8 Å². The number of aldehydes is 1. The van der Waals surface area contributed by atoms with Gasteiger partial charge in [-0.05, 0) is 36.4 Å². The number of halogens is 4. The van der Waals surface area contributed by atoms with Gasteiger partial charge in [0.1, 0.15) is 0 Å². The van der Waals surface area contributed by atoms with Crippen LogP contribution in [0.4, 0.5) is 35.0 Å². The number of carbonyl (C=O) groups excluding carboxylic acids is 1. The molecule has 1 aliphatic heterocycles. The van der Waals surface area contributed by atoms with Gasteiger partial charge in [-0.25, -0.2) is 4.79 Å². The Labute approximate surface area is 194 Å². The lowest BCUT2D eigenvalue weighted by Crippen LogP contribution is -2.48. The zero-order valence-electron chi connectivity index (χ0n) is 17.1. The van der Waals surface area contributed by atoms with Gasteiger partial charge in [0.05, 0.1) is 22.3 Å². The van der Waals surface area contributed by atoms with E-state index in [2.05, 4.69) is 26.2 Å². The molecule has 0 aliphatic carbocycles. The highest BCUT2D eigenvalue weighted by atomic mass is 79.9. The Morgan fingerprint density at radius 3 is 2.48 bits per heavy atom. The molecule has 2 aromatic carbocycles. The minimum Gasteiger partial charge on any atom is -0.465 e. The maximum atomic E-state index is 13.9. The highest BCUT2D eigenvalue weighted by molar-refractivity contribution is 9.10. The van der Waals surface area contributed by atoms with Crippen molar-refractivity contribution in [2.45, 2.75) is 6.18 Å². The number of nitrogens with zero attached hydrogens (tertiary/aromatic N) is 3. The monoisotopic (exact) mass is 522 g/mol. The molecule has 0 saturated carbocycles. The molecule has 0 spiro atoms. The van der Waals surface area contributed by atoms with Crippen LogP contribution in [0, 0.1) is 0 Å². The molecule has 172 valence electrons. The van der Waals surface area contributed by atoms with E-state index in [0.29, 0.717) is 22.9 Å². The molecule has 1 aliphatic rings. The molecule has 1 aromatic heterocycles. The van der Waals surface area contributed by atoms with Gasteiger partial charge in [0.2, 0.25) is 0 Å². The molecule has 0 atom stereocenters. The van der Waals surface area contributed by atoms with Crippen molar-refractivity contribution in [1.82, 2.24) is 9.88 Å². The summed E-state index contributed by atoms with van der Waals surface area (Å²) in [7, 11) is 0. The molecule has 2 N–H and O–H groups in total. The highest BCUT2D eigenvalue weighted by Crippen LogP contribution is 2.40. The van der Waals surface area contributed by atoms with Crippen molar-refractivity contribution in [1.29, 1.82) is 0 Å². The molecular formula is C22H18BrF3N4O3. The van der Waals surface area contributed by atoms with E-state index in [1.54, 1.807) is 18.2 Å². The maximum absolute atomic E-state index is 13.9. The van der Waals surface area contributed by atoms with Crippen LogP contribution in [0.15, 0.2) is 47.1 Å². The molecule has 0 unspecified atom stereocenters. The smallest absolute Gasteiger partial charge is 0.418 e. The van der Waals surface area contributed by atoms with Crippen molar-refractivity contribution < 1.29 is 27.9 Å². The number of hydrogen-bond donors (Lipinski definition) is 2. The third kappa shape index (κ3) is 4.72. The molecule has 0 radical (unpaired) electrons. The van der Waals surface area contributed by atoms with E-state index >= 15 is 0 Å². The van der Waals surface area contributed by atoms with Gasteiger partial charge in [-0.2, -0.15) is 13.2 Å². The summed E-state index contributed by atoms with van der Waals surface area (Å²) < 4.78 is 42.6. The van der Waals surface area contributed by atoms with Crippen molar-refractivity contribution in [2.75, 3.05) is 36.4 Å². The number of alkyl halides is 3. The van der Waals surface area contributed by atoms with E-state index in [-0.39, 0.29) is 43.1 Å². The highest BCUT2D eigenvalue weighted by Gasteiger charge is 2.36. The summed E-state index contributed by atoms with van der Waals surface area (Å²) in [5.74, 6) is 0. The Morgan fingerprint density at radius 2 is 1.85 bits per heavy atom. The van der Waals surface area contributed by atoms with Gasteiger partial charge in [0.25, 0.3) is 0 Å². The van der Waals surface area contributed by atoms with Crippen molar-refractivity contribution in [3.05, 3.63) is 58.2 Å². The number of rotatable bonds is 4. The molecule has 2 heterocycles. The Balaban J connectivity index is 1.72. The second kappa shape index (κ2) is 8.89. The summed E-state index contributed by atoms with van der Waals surface area (Å²) in [5, 5.41) is 12.6. The molecular weight excluding hydrogens is 505 g/mol. The summed E-state index contributed by atoms with van der Waals surface area (Å²) in [5.41, 5.74) is 0.441. The molecule has 1 saturated heterocycles. The van der Waals surface area contributed by atoms with Gasteiger partial charge in [0, 0.05) is 53.6 Å². The third-order valence-electron chi connectivity index (χ3n) is 5.45. The average molecular weight is 523 g/mol. The quantitative estimate of drug-likeness (QED) is 0.448. The summed E-state index contributed by atoms with van der Waals surface area (Å²) in [4.78, 5) is 29.6. The van der Waals surface area contributed by atoms with Gasteiger partial charge in [-0.15, -0.1) is 0 Å². The van der Waals surface area contributed by atoms with Crippen LogP contribution in [-0.2, 0) is 6.18 Å². The van der Waals surface area contributed by atoms with E-state index in [1.165, 1.54) is 28.1 Å². The first-order valence-electron chi connectivity index (χ1n) is 9.92. The number of aromatic nitrogens is 1. The number of carboxylic acid groups (broad SMARTS) is 1. The minimum atomic E-state index is -4.63. The third-order valence-corrected chi connectivity index (χ3v) is 5.94. The van der Waals surface area contributed by atoms with Crippen LogP contribution in [0.25, 0.3) is 10.9 Å². The van der Waals surface area contributed by atoms with Crippen molar-refractivity contribution >= 4 is 56.3 Å². The van der Waals surface area contributed by atoms with Crippen LogP contribution in [-0.4, -0.2) is 53.5 Å². The predicted octanol–water partition coefficient (Wildman–Crippen LogP) is 5.37. The van der Waals surface area contributed by atoms with E-state index in [9.17, 15) is 22.8 Å². The van der Waals surface area contributed by atoms with E-state index in [1.807, 2.05) is 0 Å². The molecule has 3 aromatic rings. The van der Waals surface area contributed by atoms with Crippen molar-refractivity contribution in [2.24, 2.45) is 0 Å². The number of benzene rings is 2. The standard InChI is InChI=1S/C22H18BrF3N4O3/c23-14-1-3-18-16(9-14)20(13(12-31)11-27-18)28-15-2-4-19(17(10-15)22(24,25)26)29-5-7-30(8-6-29)21(32)33/h1-4,9-12H,5-8H2,(H,27,28)(H,32,33). The van der Waals surface area contributed by atoms with Gasteiger partial charge in [-0.1, -0.05) is 15.9 Å². The number of fused-ring (bicyclic) bond motifs is 1. The second-order valence-corrected chi connectivity index (χ2v) is 8.39. The van der Waals surface area contributed by atoms with Gasteiger partial charge < -0.3 is 20.2 Å². The Morgan fingerprint density at radius 1 is 1.12 bits per heavy atom. The van der Waals surface area contributed by atoms with E-state index in [0.717, 1.165) is 10.5 Å². The Kier molecular flexibility index (Phi) is 6.15. The number of anilines is 3. The van der Waals surface area contributed by atoms with Crippen LogP contribution in [0.2, 0.25) is 0 Å². The summed E-state index contributed by atoms with van der Waals surface area (Å²) >= 11 is 3.36. The van der Waals surface area contributed by atoms with Crippen LogP contribution >= 0.6 is 15.9 Å². The lowest BCUT2D eigenvalue weighted by molar-refractivity contribution is -0.137. The van der Waals surface area contributed by atoms with E-state index < -0.39 is 17.8 Å².